The molecule has 2 aliphatic rings. The third kappa shape index (κ3) is 5.13. The number of nitrogens with one attached hydrogen (secondary N) is 2. The van der Waals surface area contributed by atoms with Crippen molar-refractivity contribution in [1.29, 1.82) is 0 Å². The van der Waals surface area contributed by atoms with E-state index in [-0.39, 0.29) is 30.0 Å². The molecule has 4 unspecified atom stereocenters. The third-order valence-electron chi connectivity index (χ3n) is 5.32. The maximum atomic E-state index is 5.95. The number of hydrogen-bond acceptors (Lipinski definition) is 4. The Balaban J connectivity index is 0.00000243. The number of fused-ring (bicyclic) bond motifs is 2. The molecule has 2 N–H and O–H groups in total. The van der Waals surface area contributed by atoms with Crippen molar-refractivity contribution in [3.63, 3.8) is 0 Å². The van der Waals surface area contributed by atoms with Crippen molar-refractivity contribution in [2.24, 2.45) is 4.99 Å². The normalized spacial score (nSPS) is 26.0. The zero-order chi connectivity index (χ0) is 17.6. The number of guanidine groups is 1. The van der Waals surface area contributed by atoms with Gasteiger partial charge in [0.2, 0.25) is 0 Å². The minimum absolute atomic E-state index is 0. The Labute approximate surface area is 174 Å². The maximum absolute atomic E-state index is 5.95. The number of rotatable bonds is 8. The molecule has 2 fully saturated rings. The summed E-state index contributed by atoms with van der Waals surface area (Å²) in [6.07, 6.45) is 5.99. The maximum Gasteiger partial charge on any atom is 0.191 e. The molecule has 148 valence electrons. The van der Waals surface area contributed by atoms with Crippen molar-refractivity contribution in [2.45, 2.75) is 64.3 Å². The molecule has 7 heteroatoms. The third-order valence-corrected chi connectivity index (χ3v) is 5.32. The molecule has 26 heavy (non-hydrogen) atoms. The monoisotopic (exact) mass is 476 g/mol. The first-order valence-electron chi connectivity index (χ1n) is 9.72. The quantitative estimate of drug-likeness (QED) is 0.343. The number of halogens is 1. The van der Waals surface area contributed by atoms with Crippen LogP contribution < -0.4 is 10.6 Å². The summed E-state index contributed by atoms with van der Waals surface area (Å²) >= 11 is 0. The summed E-state index contributed by atoms with van der Waals surface area (Å²) in [5.74, 6) is 1.86. The van der Waals surface area contributed by atoms with Crippen LogP contribution in [0.3, 0.4) is 0 Å². The van der Waals surface area contributed by atoms with Crippen LogP contribution in [0.1, 0.15) is 51.8 Å². The van der Waals surface area contributed by atoms with Gasteiger partial charge in [-0.15, -0.1) is 24.0 Å². The smallest absolute Gasteiger partial charge is 0.191 e. The van der Waals surface area contributed by atoms with Crippen LogP contribution in [-0.2, 0) is 4.74 Å². The Bertz CT molecular complexity index is 548. The molecule has 1 aromatic heterocycles. The second-order valence-electron chi connectivity index (χ2n) is 6.83. The van der Waals surface area contributed by atoms with Crippen LogP contribution in [-0.4, -0.2) is 55.3 Å². The summed E-state index contributed by atoms with van der Waals surface area (Å²) in [5, 5.41) is 6.97. The van der Waals surface area contributed by atoms with Gasteiger partial charge in [-0.1, -0.05) is 13.8 Å². The van der Waals surface area contributed by atoms with Gasteiger partial charge in [0.1, 0.15) is 5.76 Å². The van der Waals surface area contributed by atoms with Crippen LogP contribution in [0.2, 0.25) is 0 Å². The molecule has 0 radical (unpaired) electrons. The van der Waals surface area contributed by atoms with Crippen molar-refractivity contribution >= 4 is 29.9 Å². The van der Waals surface area contributed by atoms with Gasteiger partial charge in [0.25, 0.3) is 0 Å². The molecule has 4 atom stereocenters. The molecule has 0 saturated carbocycles. The number of hydrogen-bond donors (Lipinski definition) is 2. The van der Waals surface area contributed by atoms with Crippen LogP contribution in [0.25, 0.3) is 0 Å². The van der Waals surface area contributed by atoms with E-state index >= 15 is 0 Å². The molecule has 2 bridgehead atoms. The Morgan fingerprint density at radius 1 is 1.31 bits per heavy atom. The topological polar surface area (TPSA) is 62.0 Å². The van der Waals surface area contributed by atoms with E-state index in [1.54, 1.807) is 6.26 Å². The minimum atomic E-state index is 0. The van der Waals surface area contributed by atoms with Gasteiger partial charge >= 0.3 is 0 Å². The lowest BCUT2D eigenvalue weighted by Crippen LogP contribution is -2.47. The number of aliphatic imine (C=N–C) groups is 1. The van der Waals surface area contributed by atoms with Gasteiger partial charge in [-0.25, -0.2) is 0 Å². The Kier molecular flexibility index (Phi) is 8.69. The summed E-state index contributed by atoms with van der Waals surface area (Å²) in [4.78, 5) is 7.25. The highest BCUT2D eigenvalue weighted by atomic mass is 127. The van der Waals surface area contributed by atoms with Crippen LogP contribution in [0.5, 0.6) is 0 Å². The first-order valence-corrected chi connectivity index (χ1v) is 9.72. The SMILES string of the molecule is CCNC(=NCC(c1ccco1)N(CC)CC)NC1CC2CCC1O2.I. The fraction of sp³-hybridized carbons (Fsp3) is 0.737. The van der Waals surface area contributed by atoms with E-state index in [2.05, 4.69) is 36.3 Å². The molecule has 2 aliphatic heterocycles. The highest BCUT2D eigenvalue weighted by Gasteiger charge is 2.41. The van der Waals surface area contributed by atoms with Gasteiger partial charge in [0.15, 0.2) is 5.96 Å². The Morgan fingerprint density at radius 2 is 2.12 bits per heavy atom. The van der Waals surface area contributed by atoms with E-state index in [1.165, 1.54) is 6.42 Å². The lowest BCUT2D eigenvalue weighted by Gasteiger charge is -2.27. The summed E-state index contributed by atoms with van der Waals surface area (Å²) in [5.41, 5.74) is 0. The largest absolute Gasteiger partial charge is 0.468 e. The molecule has 6 nitrogen and oxygen atoms in total. The summed E-state index contributed by atoms with van der Waals surface area (Å²) in [7, 11) is 0. The number of likely N-dealkylation sites (N-methyl/N-ethyl adjacent to an activating group) is 1. The Morgan fingerprint density at radius 3 is 2.65 bits per heavy atom. The lowest BCUT2D eigenvalue weighted by atomic mass is 9.96. The van der Waals surface area contributed by atoms with Gasteiger partial charge in [-0.3, -0.25) is 9.89 Å². The lowest BCUT2D eigenvalue weighted by molar-refractivity contribution is 0.0992. The van der Waals surface area contributed by atoms with E-state index in [0.717, 1.165) is 44.2 Å². The average Bonchev–Trinajstić information content (AvgIpc) is 3.36. The molecule has 0 amide bonds. The van der Waals surface area contributed by atoms with Crippen molar-refractivity contribution in [2.75, 3.05) is 26.2 Å². The molecule has 0 aromatic carbocycles. The molecule has 0 aliphatic carbocycles. The second-order valence-corrected chi connectivity index (χ2v) is 6.83. The number of furan rings is 1. The van der Waals surface area contributed by atoms with Crippen molar-refractivity contribution in [1.82, 2.24) is 15.5 Å². The summed E-state index contributed by atoms with van der Waals surface area (Å²) in [6, 6.07) is 4.54. The average molecular weight is 476 g/mol. The van der Waals surface area contributed by atoms with Crippen molar-refractivity contribution < 1.29 is 9.15 Å². The van der Waals surface area contributed by atoms with Crippen molar-refractivity contribution in [3.8, 4) is 0 Å². The van der Waals surface area contributed by atoms with E-state index < -0.39 is 0 Å². The van der Waals surface area contributed by atoms with Crippen molar-refractivity contribution in [3.05, 3.63) is 24.2 Å². The van der Waals surface area contributed by atoms with Crippen LogP contribution in [0, 0.1) is 0 Å². The molecule has 2 saturated heterocycles. The van der Waals surface area contributed by atoms with Gasteiger partial charge < -0.3 is 19.8 Å². The summed E-state index contributed by atoms with van der Waals surface area (Å²) in [6.45, 7) is 9.93. The van der Waals surface area contributed by atoms with E-state index in [9.17, 15) is 0 Å². The zero-order valence-electron chi connectivity index (χ0n) is 16.1. The highest BCUT2D eigenvalue weighted by Crippen LogP contribution is 2.34. The fourth-order valence-electron chi connectivity index (χ4n) is 3.99. The van der Waals surface area contributed by atoms with Crippen LogP contribution >= 0.6 is 24.0 Å². The fourth-order valence-corrected chi connectivity index (χ4v) is 3.99. The van der Waals surface area contributed by atoms with E-state index in [1.807, 2.05) is 12.1 Å². The molecular weight excluding hydrogens is 443 g/mol. The Hall–Kier alpha value is -0.800. The first kappa shape index (κ1) is 21.5. The highest BCUT2D eigenvalue weighted by molar-refractivity contribution is 14.0. The first-order chi connectivity index (χ1) is 12.2. The van der Waals surface area contributed by atoms with E-state index in [0.29, 0.717) is 24.8 Å². The molecular formula is C19H33IN4O2. The second kappa shape index (κ2) is 10.5. The summed E-state index contributed by atoms with van der Waals surface area (Å²) < 4.78 is 11.6. The minimum Gasteiger partial charge on any atom is -0.468 e. The van der Waals surface area contributed by atoms with Crippen LogP contribution in [0.15, 0.2) is 27.8 Å². The van der Waals surface area contributed by atoms with E-state index in [4.69, 9.17) is 14.1 Å². The molecule has 1 aromatic rings. The van der Waals surface area contributed by atoms with Gasteiger partial charge in [0, 0.05) is 6.54 Å². The van der Waals surface area contributed by atoms with Gasteiger partial charge in [-0.05, 0) is 51.4 Å². The predicted octanol–water partition coefficient (Wildman–Crippen LogP) is 3.16. The molecule has 0 spiro atoms. The number of ether oxygens (including phenoxy) is 1. The van der Waals surface area contributed by atoms with Crippen LogP contribution in [0.4, 0.5) is 0 Å². The van der Waals surface area contributed by atoms with Gasteiger partial charge in [0.05, 0.1) is 37.1 Å². The molecule has 3 rings (SSSR count). The van der Waals surface area contributed by atoms with Gasteiger partial charge in [-0.2, -0.15) is 0 Å². The zero-order valence-corrected chi connectivity index (χ0v) is 18.4. The number of nitrogens with zero attached hydrogens (tertiary/aromatic N) is 2. The standard InChI is InChI=1S/C19H32N4O2.HI/c1-4-20-19(22-15-12-14-9-10-17(15)25-14)21-13-16(23(5-2)6-3)18-8-7-11-24-18;/h7-8,11,14-17H,4-6,9-10,12-13H2,1-3H3,(H2,20,21,22);1H. The predicted molar refractivity (Wildman–Crippen MR) is 115 cm³/mol. The molecule has 3 heterocycles.